The summed E-state index contributed by atoms with van der Waals surface area (Å²) in [5.74, 6) is -0.731. The lowest BCUT2D eigenvalue weighted by atomic mass is 9.90. The quantitative estimate of drug-likeness (QED) is 0.836. The molecule has 1 rings (SSSR count). The number of aliphatic carboxylic acids is 1. The molecule has 0 aromatic heterocycles. The molecule has 0 aliphatic heterocycles. The van der Waals surface area contributed by atoms with Crippen LogP contribution in [0.25, 0.3) is 0 Å². The molecule has 0 amide bonds. The van der Waals surface area contributed by atoms with Crippen molar-refractivity contribution in [3.63, 3.8) is 0 Å². The Bertz CT molecular complexity index is 441. The van der Waals surface area contributed by atoms with E-state index in [9.17, 15) is 4.79 Å². The Kier molecular flexibility index (Phi) is 4.12. The van der Waals surface area contributed by atoms with E-state index in [1.54, 1.807) is 7.11 Å². The molecular weight excluding hydrogens is 218 g/mol. The largest absolute Gasteiger partial charge is 0.496 e. The highest BCUT2D eigenvalue weighted by molar-refractivity contribution is 5.77. The van der Waals surface area contributed by atoms with Gasteiger partial charge in [-0.2, -0.15) is 0 Å². The number of hydrogen-bond acceptors (Lipinski definition) is 3. The van der Waals surface area contributed by atoms with Crippen LogP contribution >= 0.6 is 0 Å². The highest BCUT2D eigenvalue weighted by Gasteiger charge is 2.22. The Hall–Kier alpha value is -1.55. The first-order valence-corrected chi connectivity index (χ1v) is 5.51. The van der Waals surface area contributed by atoms with Crippen molar-refractivity contribution in [2.75, 3.05) is 13.7 Å². The zero-order valence-corrected chi connectivity index (χ0v) is 10.7. The third kappa shape index (κ3) is 2.42. The van der Waals surface area contributed by atoms with Gasteiger partial charge >= 0.3 is 5.97 Å². The van der Waals surface area contributed by atoms with E-state index in [1.807, 2.05) is 26.8 Å². The van der Waals surface area contributed by atoms with Gasteiger partial charge in [-0.3, -0.25) is 4.79 Å². The summed E-state index contributed by atoms with van der Waals surface area (Å²) in [5.41, 5.74) is 9.15. The van der Waals surface area contributed by atoms with Crippen LogP contribution in [0.4, 0.5) is 0 Å². The first-order chi connectivity index (χ1) is 7.93. The van der Waals surface area contributed by atoms with E-state index in [-0.39, 0.29) is 6.54 Å². The van der Waals surface area contributed by atoms with E-state index in [2.05, 4.69) is 0 Å². The maximum absolute atomic E-state index is 11.1. The molecule has 0 aliphatic carbocycles. The minimum atomic E-state index is -0.889. The first kappa shape index (κ1) is 13.5. The summed E-state index contributed by atoms with van der Waals surface area (Å²) in [6.07, 6.45) is 0. The van der Waals surface area contributed by atoms with Crippen LogP contribution in [0, 0.1) is 20.8 Å². The standard InChI is InChI=1S/C13H19NO3/c1-7-5-10(11(6-14)13(15)16)8(2)9(3)12(7)17-4/h5,11H,6,14H2,1-4H3,(H,15,16). The zero-order valence-electron chi connectivity index (χ0n) is 10.7. The van der Waals surface area contributed by atoms with Crippen LogP contribution in [0.1, 0.15) is 28.2 Å². The third-order valence-electron chi connectivity index (χ3n) is 3.18. The normalized spacial score (nSPS) is 12.3. The van der Waals surface area contributed by atoms with Gasteiger partial charge in [-0.1, -0.05) is 6.07 Å². The summed E-state index contributed by atoms with van der Waals surface area (Å²) in [4.78, 5) is 11.1. The van der Waals surface area contributed by atoms with E-state index in [1.165, 1.54) is 0 Å². The van der Waals surface area contributed by atoms with E-state index in [0.717, 1.165) is 28.0 Å². The van der Waals surface area contributed by atoms with Crippen molar-refractivity contribution >= 4 is 5.97 Å². The molecule has 0 bridgehead atoms. The van der Waals surface area contributed by atoms with E-state index < -0.39 is 11.9 Å². The average Bonchev–Trinajstić information content (AvgIpc) is 2.26. The molecule has 0 saturated heterocycles. The molecule has 1 atom stereocenters. The van der Waals surface area contributed by atoms with Gasteiger partial charge in [0.2, 0.25) is 0 Å². The topological polar surface area (TPSA) is 72.5 Å². The van der Waals surface area contributed by atoms with Gasteiger partial charge in [-0.25, -0.2) is 0 Å². The van der Waals surface area contributed by atoms with Crippen LogP contribution in [0.3, 0.4) is 0 Å². The molecule has 0 spiro atoms. The number of ether oxygens (including phenoxy) is 1. The number of aryl methyl sites for hydroxylation is 1. The maximum atomic E-state index is 11.1. The molecule has 0 heterocycles. The minimum Gasteiger partial charge on any atom is -0.496 e. The Morgan fingerprint density at radius 1 is 1.41 bits per heavy atom. The first-order valence-electron chi connectivity index (χ1n) is 5.51. The van der Waals surface area contributed by atoms with Crippen LogP contribution in [-0.4, -0.2) is 24.7 Å². The zero-order chi connectivity index (χ0) is 13.2. The van der Waals surface area contributed by atoms with Gasteiger partial charge in [0, 0.05) is 6.54 Å². The summed E-state index contributed by atoms with van der Waals surface area (Å²) < 4.78 is 5.31. The van der Waals surface area contributed by atoms with E-state index in [0.29, 0.717) is 0 Å². The molecule has 0 saturated carbocycles. The van der Waals surface area contributed by atoms with Crippen LogP contribution in [-0.2, 0) is 4.79 Å². The minimum absolute atomic E-state index is 0.0986. The van der Waals surface area contributed by atoms with Crippen LogP contribution in [0.2, 0.25) is 0 Å². The van der Waals surface area contributed by atoms with Crippen molar-refractivity contribution in [3.05, 3.63) is 28.3 Å². The maximum Gasteiger partial charge on any atom is 0.312 e. The molecular formula is C13H19NO3. The molecule has 0 fully saturated rings. The highest BCUT2D eigenvalue weighted by Crippen LogP contribution is 2.32. The Balaban J connectivity index is 3.41. The van der Waals surface area contributed by atoms with Gasteiger partial charge in [0.15, 0.2) is 0 Å². The van der Waals surface area contributed by atoms with Crippen LogP contribution in [0.5, 0.6) is 5.75 Å². The fourth-order valence-corrected chi connectivity index (χ4v) is 2.13. The van der Waals surface area contributed by atoms with Crippen molar-refractivity contribution in [2.45, 2.75) is 26.7 Å². The SMILES string of the molecule is COc1c(C)cc(C(CN)C(=O)O)c(C)c1C. The molecule has 17 heavy (non-hydrogen) atoms. The predicted molar refractivity (Wildman–Crippen MR) is 66.6 cm³/mol. The van der Waals surface area contributed by atoms with Gasteiger partial charge in [0.25, 0.3) is 0 Å². The van der Waals surface area contributed by atoms with Crippen molar-refractivity contribution in [3.8, 4) is 5.75 Å². The number of carboxylic acids is 1. The Morgan fingerprint density at radius 2 is 2.00 bits per heavy atom. The number of methoxy groups -OCH3 is 1. The molecule has 1 unspecified atom stereocenters. The monoisotopic (exact) mass is 237 g/mol. The van der Waals surface area contributed by atoms with Crippen LogP contribution < -0.4 is 10.5 Å². The second-order valence-corrected chi connectivity index (χ2v) is 4.19. The van der Waals surface area contributed by atoms with E-state index in [4.69, 9.17) is 15.6 Å². The third-order valence-corrected chi connectivity index (χ3v) is 3.18. The highest BCUT2D eigenvalue weighted by atomic mass is 16.5. The summed E-state index contributed by atoms with van der Waals surface area (Å²) in [6, 6.07) is 1.85. The van der Waals surface area contributed by atoms with Gasteiger partial charge in [0.1, 0.15) is 5.75 Å². The number of benzene rings is 1. The molecule has 4 nitrogen and oxygen atoms in total. The molecule has 4 heteroatoms. The molecule has 1 aromatic rings. The lowest BCUT2D eigenvalue weighted by molar-refractivity contribution is -0.138. The van der Waals surface area contributed by atoms with Crippen molar-refractivity contribution < 1.29 is 14.6 Å². The summed E-state index contributed by atoms with van der Waals surface area (Å²) >= 11 is 0. The van der Waals surface area contributed by atoms with Gasteiger partial charge < -0.3 is 15.6 Å². The van der Waals surface area contributed by atoms with Crippen molar-refractivity contribution in [1.82, 2.24) is 0 Å². The average molecular weight is 237 g/mol. The lowest BCUT2D eigenvalue weighted by Crippen LogP contribution is -2.22. The van der Waals surface area contributed by atoms with Crippen LogP contribution in [0.15, 0.2) is 6.07 Å². The lowest BCUT2D eigenvalue weighted by Gasteiger charge is -2.19. The number of carboxylic acid groups (broad SMARTS) is 1. The molecule has 3 N–H and O–H groups in total. The number of rotatable bonds is 4. The summed E-state index contributed by atoms with van der Waals surface area (Å²) in [7, 11) is 1.62. The molecule has 0 aliphatic rings. The fraction of sp³-hybridized carbons (Fsp3) is 0.462. The van der Waals surface area contributed by atoms with Crippen molar-refractivity contribution in [1.29, 1.82) is 0 Å². The number of hydrogen-bond donors (Lipinski definition) is 2. The predicted octanol–water partition coefficient (Wildman–Crippen LogP) is 1.75. The molecule has 0 radical (unpaired) electrons. The van der Waals surface area contributed by atoms with Crippen molar-refractivity contribution in [2.24, 2.45) is 5.73 Å². The number of carbonyl (C=O) groups is 1. The summed E-state index contributed by atoms with van der Waals surface area (Å²) in [5, 5.41) is 9.15. The van der Waals surface area contributed by atoms with Gasteiger partial charge in [0.05, 0.1) is 13.0 Å². The number of nitrogens with two attached hydrogens (primary N) is 1. The van der Waals surface area contributed by atoms with Gasteiger partial charge in [-0.05, 0) is 43.0 Å². The molecule has 1 aromatic carbocycles. The fourth-order valence-electron chi connectivity index (χ4n) is 2.13. The Morgan fingerprint density at radius 3 is 2.41 bits per heavy atom. The van der Waals surface area contributed by atoms with Gasteiger partial charge in [-0.15, -0.1) is 0 Å². The van der Waals surface area contributed by atoms with E-state index >= 15 is 0 Å². The Labute approximate surface area is 101 Å². The second-order valence-electron chi connectivity index (χ2n) is 4.19. The molecule has 94 valence electrons. The smallest absolute Gasteiger partial charge is 0.312 e. The summed E-state index contributed by atoms with van der Waals surface area (Å²) in [6.45, 7) is 5.84. The second kappa shape index (κ2) is 5.19.